The predicted octanol–water partition coefficient (Wildman–Crippen LogP) is 13.4. The first kappa shape index (κ1) is 32.0. The number of hydrogen-bond donors (Lipinski definition) is 0. The van der Waals surface area contributed by atoms with Crippen LogP contribution in [-0.4, -0.2) is 5.97 Å². The molecule has 11 rings (SSSR count). The number of hydrogen-bond acceptors (Lipinski definition) is 4. The summed E-state index contributed by atoms with van der Waals surface area (Å²) in [6.45, 7) is 0. The van der Waals surface area contributed by atoms with Crippen LogP contribution in [-0.2, 0) is 10.3 Å². The normalized spacial score (nSPS) is 15.2. The highest BCUT2D eigenvalue weighted by atomic mass is 16.6. The van der Waals surface area contributed by atoms with E-state index in [1.165, 1.54) is 0 Å². The third-order valence-corrected chi connectivity index (χ3v) is 11.3. The van der Waals surface area contributed by atoms with Gasteiger partial charge in [0, 0.05) is 22.3 Å². The molecule has 1 spiro atoms. The van der Waals surface area contributed by atoms with Gasteiger partial charge >= 0.3 is 5.97 Å². The van der Waals surface area contributed by atoms with Crippen molar-refractivity contribution in [2.45, 2.75) is 5.60 Å². The van der Waals surface area contributed by atoms with Gasteiger partial charge in [0.25, 0.3) is 0 Å². The number of anilines is 3. The van der Waals surface area contributed by atoms with Crippen molar-refractivity contribution in [1.29, 1.82) is 0 Å². The van der Waals surface area contributed by atoms with Crippen LogP contribution < -0.4 is 9.64 Å². The third-order valence-electron chi connectivity index (χ3n) is 11.3. The molecule has 0 bridgehead atoms. The Bertz CT molecular complexity index is 2890. The maximum absolute atomic E-state index is 14.1. The molecule has 2 heterocycles. The molecule has 1 unspecified atom stereocenters. The number of rotatable bonds is 5. The van der Waals surface area contributed by atoms with Gasteiger partial charge in [-0.25, -0.2) is 4.79 Å². The van der Waals surface area contributed by atoms with Crippen molar-refractivity contribution in [3.05, 3.63) is 222 Å². The maximum Gasteiger partial charge on any atom is 0.340 e. The molecule has 1 atom stereocenters. The van der Waals surface area contributed by atoms with Gasteiger partial charge in [-0.05, 0) is 69.1 Å². The molecular formula is C52H33NO3. The van der Waals surface area contributed by atoms with E-state index in [9.17, 15) is 4.79 Å². The minimum Gasteiger partial charge on any atom is -0.456 e. The number of esters is 1. The van der Waals surface area contributed by atoms with Crippen molar-refractivity contribution in [1.82, 2.24) is 0 Å². The molecule has 9 aromatic carbocycles. The lowest BCUT2D eigenvalue weighted by Gasteiger charge is -2.41. The van der Waals surface area contributed by atoms with E-state index in [-0.39, 0.29) is 5.97 Å². The van der Waals surface area contributed by atoms with Crippen LogP contribution in [0.15, 0.2) is 200 Å². The molecule has 264 valence electrons. The Hall–Kier alpha value is -7.43. The zero-order chi connectivity index (χ0) is 37.2. The van der Waals surface area contributed by atoms with Crippen molar-refractivity contribution in [2.75, 3.05) is 4.90 Å². The van der Waals surface area contributed by atoms with Gasteiger partial charge in [-0.2, -0.15) is 0 Å². The summed E-state index contributed by atoms with van der Waals surface area (Å²) in [5.74, 6) is 0.912. The van der Waals surface area contributed by atoms with Crippen molar-refractivity contribution in [3.63, 3.8) is 0 Å². The van der Waals surface area contributed by atoms with Gasteiger partial charge in [0.2, 0.25) is 0 Å². The lowest BCUT2D eigenvalue weighted by molar-refractivity contribution is 0.0226. The van der Waals surface area contributed by atoms with Gasteiger partial charge < -0.3 is 14.4 Å². The lowest BCUT2D eigenvalue weighted by atomic mass is 9.76. The minimum absolute atomic E-state index is 0.365. The van der Waals surface area contributed by atoms with Crippen LogP contribution in [0.2, 0.25) is 0 Å². The molecule has 0 radical (unpaired) electrons. The fraction of sp³-hybridized carbons (Fsp3) is 0.0192. The average molecular weight is 720 g/mol. The topological polar surface area (TPSA) is 38.8 Å². The fourth-order valence-electron chi connectivity index (χ4n) is 8.95. The van der Waals surface area contributed by atoms with E-state index in [1.807, 2.05) is 60.7 Å². The molecular weight excluding hydrogens is 687 g/mol. The summed E-state index contributed by atoms with van der Waals surface area (Å²) in [7, 11) is 0. The number of benzene rings is 9. The van der Waals surface area contributed by atoms with Crippen LogP contribution in [0.1, 0.15) is 27.0 Å². The van der Waals surface area contributed by atoms with E-state index in [0.717, 1.165) is 77.6 Å². The summed E-state index contributed by atoms with van der Waals surface area (Å²) in [5, 5.41) is 4.53. The quantitative estimate of drug-likeness (QED) is 0.166. The molecule has 9 aromatic rings. The monoisotopic (exact) mass is 719 g/mol. The third kappa shape index (κ3) is 4.69. The number of fused-ring (bicyclic) bond motifs is 8. The van der Waals surface area contributed by atoms with Gasteiger partial charge in [0.15, 0.2) is 5.60 Å². The fourth-order valence-corrected chi connectivity index (χ4v) is 8.95. The highest BCUT2D eigenvalue weighted by molar-refractivity contribution is 6.10. The van der Waals surface area contributed by atoms with Gasteiger partial charge in [-0.3, -0.25) is 0 Å². The molecule has 0 fully saturated rings. The van der Waals surface area contributed by atoms with E-state index >= 15 is 0 Å². The Labute approximate surface area is 324 Å². The summed E-state index contributed by atoms with van der Waals surface area (Å²) in [6.07, 6.45) is 0. The van der Waals surface area contributed by atoms with Crippen molar-refractivity contribution >= 4 is 44.6 Å². The summed E-state index contributed by atoms with van der Waals surface area (Å²) in [4.78, 5) is 16.4. The van der Waals surface area contributed by atoms with E-state index < -0.39 is 5.60 Å². The van der Waals surface area contributed by atoms with Crippen molar-refractivity contribution in [3.8, 4) is 33.8 Å². The first-order chi connectivity index (χ1) is 27.7. The van der Waals surface area contributed by atoms with Crippen LogP contribution in [0, 0.1) is 0 Å². The molecule has 2 aliphatic heterocycles. The number of nitrogens with zero attached hydrogens (tertiary/aromatic N) is 1. The summed E-state index contributed by atoms with van der Waals surface area (Å²) < 4.78 is 13.6. The molecule has 56 heavy (non-hydrogen) atoms. The highest BCUT2D eigenvalue weighted by Gasteiger charge is 2.55. The lowest BCUT2D eigenvalue weighted by Crippen LogP contribution is -2.34. The van der Waals surface area contributed by atoms with E-state index in [1.54, 1.807) is 0 Å². The standard InChI is InChI=1S/C52H33NO3/c54-51-40-24-11-12-25-41(40)52(56-51)42-26-13-14-28-46(42)55-47-29-15-27-45(50(47)52)53(43-32-30-34-16-7-9-22-38(34)48(43)36-18-3-1-4-19-36)44-33-31-35-17-8-10-23-39(35)49(44)37-20-5-2-6-21-37/h1-33H. The largest absolute Gasteiger partial charge is 0.456 e. The Kier molecular flexibility index (Phi) is 7.20. The van der Waals surface area contributed by atoms with Crippen LogP contribution in [0.4, 0.5) is 17.1 Å². The molecule has 0 saturated carbocycles. The Morgan fingerprint density at radius 3 is 1.57 bits per heavy atom. The summed E-state index contributed by atoms with van der Waals surface area (Å²) in [5.41, 5.74) is 8.72. The number of para-hydroxylation sites is 1. The zero-order valence-electron chi connectivity index (χ0n) is 30.2. The second-order valence-corrected chi connectivity index (χ2v) is 14.3. The molecule has 0 aliphatic carbocycles. The van der Waals surface area contributed by atoms with Crippen LogP contribution >= 0.6 is 0 Å². The summed E-state index contributed by atoms with van der Waals surface area (Å²) in [6, 6.07) is 69.0. The van der Waals surface area contributed by atoms with Crippen LogP contribution in [0.5, 0.6) is 11.5 Å². The second-order valence-electron chi connectivity index (χ2n) is 14.3. The van der Waals surface area contributed by atoms with Gasteiger partial charge in [-0.15, -0.1) is 0 Å². The maximum atomic E-state index is 14.1. The van der Waals surface area contributed by atoms with Gasteiger partial charge in [-0.1, -0.05) is 164 Å². The Morgan fingerprint density at radius 2 is 0.929 bits per heavy atom. The molecule has 0 aromatic heterocycles. The van der Waals surface area contributed by atoms with Crippen molar-refractivity contribution in [2.24, 2.45) is 0 Å². The molecule has 0 N–H and O–H groups in total. The molecule has 4 heteroatoms. The zero-order valence-corrected chi connectivity index (χ0v) is 30.2. The van der Waals surface area contributed by atoms with Crippen LogP contribution in [0.25, 0.3) is 43.8 Å². The summed E-state index contributed by atoms with van der Waals surface area (Å²) >= 11 is 0. The molecule has 2 aliphatic rings. The van der Waals surface area contributed by atoms with Gasteiger partial charge in [0.1, 0.15) is 11.5 Å². The second kappa shape index (κ2) is 12.6. The molecule has 4 nitrogen and oxygen atoms in total. The Balaban J connectivity index is 1.32. The molecule has 0 saturated heterocycles. The highest BCUT2D eigenvalue weighted by Crippen LogP contribution is 2.61. The van der Waals surface area contributed by atoms with Crippen molar-refractivity contribution < 1.29 is 14.3 Å². The minimum atomic E-state index is -1.29. The number of carbonyl (C=O) groups is 1. The van der Waals surface area contributed by atoms with Crippen LogP contribution in [0.3, 0.4) is 0 Å². The number of carbonyl (C=O) groups excluding carboxylic acids is 1. The smallest absolute Gasteiger partial charge is 0.340 e. The van der Waals surface area contributed by atoms with E-state index in [0.29, 0.717) is 17.1 Å². The first-order valence-corrected chi connectivity index (χ1v) is 18.9. The Morgan fingerprint density at radius 1 is 0.411 bits per heavy atom. The van der Waals surface area contributed by atoms with E-state index in [2.05, 4.69) is 144 Å². The van der Waals surface area contributed by atoms with Gasteiger partial charge in [0.05, 0.1) is 28.2 Å². The SMILES string of the molecule is O=C1OC2(c3ccccc3Oc3cccc(N(c4ccc5ccccc5c4-c4ccccc4)c4ccc5ccccc5c4-c4ccccc4)c32)c2ccccc21. The number of ether oxygens (including phenoxy) is 2. The predicted molar refractivity (Wildman–Crippen MR) is 225 cm³/mol. The average Bonchev–Trinajstić information content (AvgIpc) is 3.55. The first-order valence-electron chi connectivity index (χ1n) is 18.9. The van der Waals surface area contributed by atoms with E-state index in [4.69, 9.17) is 9.47 Å². The molecule has 0 amide bonds.